The summed E-state index contributed by atoms with van der Waals surface area (Å²) in [6, 6.07) is 3.36. The maximum absolute atomic E-state index is 13.2. The minimum Gasteiger partial charge on any atom is -0.479 e. The number of rotatable bonds is 4. The molecule has 18 heavy (non-hydrogen) atoms. The highest BCUT2D eigenvalue weighted by Crippen LogP contribution is 2.23. The van der Waals surface area contributed by atoms with Crippen molar-refractivity contribution in [2.24, 2.45) is 0 Å². The van der Waals surface area contributed by atoms with E-state index in [0.717, 1.165) is 5.56 Å². The first-order valence-corrected chi connectivity index (χ1v) is 6.10. The molecule has 1 aromatic heterocycles. The summed E-state index contributed by atoms with van der Waals surface area (Å²) < 4.78 is 13.2. The Balaban J connectivity index is 2.27. The molecule has 0 fully saturated rings. The minimum absolute atomic E-state index is 0.402. The summed E-state index contributed by atoms with van der Waals surface area (Å²) in [5, 5.41) is 14.1. The van der Waals surface area contributed by atoms with Crippen molar-refractivity contribution in [1.82, 2.24) is 4.98 Å². The molecule has 1 aromatic carbocycles. The molecule has 0 aliphatic rings. The Morgan fingerprint density at radius 3 is 2.83 bits per heavy atom. The van der Waals surface area contributed by atoms with E-state index in [1.807, 2.05) is 0 Å². The molecule has 0 bridgehead atoms. The SMILES string of the molecule is Cc1cc(F)cc(NC(C(=O)O)c2nccs2)c1. The van der Waals surface area contributed by atoms with E-state index < -0.39 is 17.8 Å². The number of anilines is 1. The molecule has 2 aromatic rings. The Morgan fingerprint density at radius 1 is 1.50 bits per heavy atom. The van der Waals surface area contributed by atoms with Crippen LogP contribution in [0.15, 0.2) is 29.8 Å². The van der Waals surface area contributed by atoms with Crippen LogP contribution in [0.2, 0.25) is 0 Å². The summed E-state index contributed by atoms with van der Waals surface area (Å²) >= 11 is 1.24. The summed E-state index contributed by atoms with van der Waals surface area (Å²) in [6.45, 7) is 1.74. The highest BCUT2D eigenvalue weighted by atomic mass is 32.1. The summed E-state index contributed by atoms with van der Waals surface area (Å²) in [7, 11) is 0. The van der Waals surface area contributed by atoms with Gasteiger partial charge in [0, 0.05) is 17.3 Å². The first-order chi connectivity index (χ1) is 8.56. The molecule has 0 amide bonds. The molecular formula is C12H11FN2O2S. The molecule has 0 saturated heterocycles. The van der Waals surface area contributed by atoms with Crippen molar-refractivity contribution in [3.05, 3.63) is 46.2 Å². The first-order valence-electron chi connectivity index (χ1n) is 5.22. The van der Waals surface area contributed by atoms with Gasteiger partial charge >= 0.3 is 5.97 Å². The van der Waals surface area contributed by atoms with Crippen molar-refractivity contribution in [2.45, 2.75) is 13.0 Å². The van der Waals surface area contributed by atoms with E-state index in [2.05, 4.69) is 10.3 Å². The average molecular weight is 266 g/mol. The van der Waals surface area contributed by atoms with Crippen molar-refractivity contribution in [2.75, 3.05) is 5.32 Å². The lowest BCUT2D eigenvalue weighted by atomic mass is 10.2. The average Bonchev–Trinajstić information content (AvgIpc) is 2.77. The number of hydrogen-bond acceptors (Lipinski definition) is 4. The number of hydrogen-bond donors (Lipinski definition) is 2. The van der Waals surface area contributed by atoms with Gasteiger partial charge in [-0.25, -0.2) is 14.2 Å². The Morgan fingerprint density at radius 2 is 2.28 bits per heavy atom. The second kappa shape index (κ2) is 5.14. The van der Waals surface area contributed by atoms with E-state index in [1.165, 1.54) is 29.7 Å². The Bertz CT molecular complexity index is 537. The molecular weight excluding hydrogens is 255 g/mol. The number of aliphatic carboxylic acids is 1. The predicted octanol–water partition coefficient (Wildman–Crippen LogP) is 2.83. The highest BCUT2D eigenvalue weighted by Gasteiger charge is 2.22. The third-order valence-corrected chi connectivity index (χ3v) is 3.14. The fourth-order valence-corrected chi connectivity index (χ4v) is 2.27. The van der Waals surface area contributed by atoms with Crippen LogP contribution in [0.4, 0.5) is 10.1 Å². The van der Waals surface area contributed by atoms with Crippen LogP contribution in [-0.4, -0.2) is 16.1 Å². The molecule has 1 atom stereocenters. The van der Waals surface area contributed by atoms with Gasteiger partial charge in [0.25, 0.3) is 0 Å². The predicted molar refractivity (Wildman–Crippen MR) is 67.3 cm³/mol. The third kappa shape index (κ3) is 2.84. The van der Waals surface area contributed by atoms with Crippen molar-refractivity contribution in [3.8, 4) is 0 Å². The Kier molecular flexibility index (Phi) is 3.57. The topological polar surface area (TPSA) is 62.2 Å². The Hall–Kier alpha value is -1.95. The standard InChI is InChI=1S/C12H11FN2O2S/c1-7-4-8(13)6-9(5-7)15-10(12(16)17)11-14-2-3-18-11/h2-6,10,15H,1H3,(H,16,17). The van der Waals surface area contributed by atoms with Crippen LogP contribution < -0.4 is 5.32 Å². The number of thiazole rings is 1. The van der Waals surface area contributed by atoms with Crippen LogP contribution in [0.25, 0.3) is 0 Å². The molecule has 6 heteroatoms. The van der Waals surface area contributed by atoms with E-state index in [1.54, 1.807) is 18.4 Å². The van der Waals surface area contributed by atoms with Gasteiger partial charge in [0.1, 0.15) is 10.8 Å². The normalized spacial score (nSPS) is 12.1. The molecule has 2 rings (SSSR count). The number of halogens is 1. The molecule has 0 spiro atoms. The summed E-state index contributed by atoms with van der Waals surface area (Å²) in [5.41, 5.74) is 1.15. The summed E-state index contributed by atoms with van der Waals surface area (Å²) in [4.78, 5) is 15.1. The maximum Gasteiger partial charge on any atom is 0.333 e. The number of nitrogens with one attached hydrogen (secondary N) is 1. The number of aryl methyl sites for hydroxylation is 1. The van der Waals surface area contributed by atoms with E-state index in [0.29, 0.717) is 10.7 Å². The molecule has 0 saturated carbocycles. The van der Waals surface area contributed by atoms with Crippen LogP contribution in [-0.2, 0) is 4.79 Å². The third-order valence-electron chi connectivity index (χ3n) is 2.30. The van der Waals surface area contributed by atoms with Gasteiger partial charge < -0.3 is 10.4 Å². The van der Waals surface area contributed by atoms with Crippen molar-refractivity contribution in [1.29, 1.82) is 0 Å². The zero-order valence-electron chi connectivity index (χ0n) is 9.55. The highest BCUT2D eigenvalue weighted by molar-refractivity contribution is 7.09. The smallest absolute Gasteiger partial charge is 0.333 e. The molecule has 1 heterocycles. The molecule has 0 radical (unpaired) electrons. The van der Waals surface area contributed by atoms with Gasteiger partial charge in [0.05, 0.1) is 0 Å². The zero-order valence-corrected chi connectivity index (χ0v) is 10.4. The van der Waals surface area contributed by atoms with E-state index in [4.69, 9.17) is 5.11 Å². The number of carboxylic acids is 1. The molecule has 0 aliphatic carbocycles. The van der Waals surface area contributed by atoms with Gasteiger partial charge in [0.2, 0.25) is 0 Å². The van der Waals surface area contributed by atoms with Crippen molar-refractivity contribution < 1.29 is 14.3 Å². The lowest BCUT2D eigenvalue weighted by Gasteiger charge is -2.13. The Labute approximate surface area is 107 Å². The fraction of sp³-hybridized carbons (Fsp3) is 0.167. The minimum atomic E-state index is -1.05. The second-order valence-corrected chi connectivity index (χ2v) is 4.73. The number of carboxylic acid groups (broad SMARTS) is 1. The number of carbonyl (C=O) groups is 1. The largest absolute Gasteiger partial charge is 0.479 e. The molecule has 94 valence electrons. The molecule has 2 N–H and O–H groups in total. The van der Waals surface area contributed by atoms with Gasteiger partial charge in [-0.15, -0.1) is 11.3 Å². The van der Waals surface area contributed by atoms with E-state index >= 15 is 0 Å². The summed E-state index contributed by atoms with van der Waals surface area (Å²) in [6.07, 6.45) is 1.54. The van der Waals surface area contributed by atoms with Crippen LogP contribution in [0.3, 0.4) is 0 Å². The lowest BCUT2D eigenvalue weighted by molar-refractivity contribution is -0.138. The van der Waals surface area contributed by atoms with Crippen molar-refractivity contribution in [3.63, 3.8) is 0 Å². The van der Waals surface area contributed by atoms with Gasteiger partial charge in [0.15, 0.2) is 6.04 Å². The molecule has 4 nitrogen and oxygen atoms in total. The molecule has 1 unspecified atom stereocenters. The lowest BCUT2D eigenvalue weighted by Crippen LogP contribution is -2.20. The van der Waals surface area contributed by atoms with Gasteiger partial charge in [-0.1, -0.05) is 0 Å². The van der Waals surface area contributed by atoms with Gasteiger partial charge in [-0.05, 0) is 30.7 Å². The first kappa shape index (κ1) is 12.5. The monoisotopic (exact) mass is 266 g/mol. The number of benzene rings is 1. The maximum atomic E-state index is 13.2. The second-order valence-electron chi connectivity index (χ2n) is 3.80. The van der Waals surface area contributed by atoms with Crippen LogP contribution >= 0.6 is 11.3 Å². The summed E-state index contributed by atoms with van der Waals surface area (Å²) in [5.74, 6) is -1.45. The number of nitrogens with zero attached hydrogens (tertiary/aromatic N) is 1. The van der Waals surface area contributed by atoms with Gasteiger partial charge in [-0.3, -0.25) is 0 Å². The van der Waals surface area contributed by atoms with Crippen LogP contribution in [0.5, 0.6) is 0 Å². The van der Waals surface area contributed by atoms with E-state index in [-0.39, 0.29) is 0 Å². The van der Waals surface area contributed by atoms with E-state index in [9.17, 15) is 9.18 Å². The fourth-order valence-electron chi connectivity index (χ4n) is 1.59. The molecule has 0 aliphatic heterocycles. The van der Waals surface area contributed by atoms with Crippen LogP contribution in [0, 0.1) is 12.7 Å². The quantitative estimate of drug-likeness (QED) is 0.893. The van der Waals surface area contributed by atoms with Crippen molar-refractivity contribution >= 4 is 23.0 Å². The number of aromatic nitrogens is 1. The van der Waals surface area contributed by atoms with Crippen LogP contribution in [0.1, 0.15) is 16.6 Å². The zero-order chi connectivity index (χ0) is 13.1. The van der Waals surface area contributed by atoms with Gasteiger partial charge in [-0.2, -0.15) is 0 Å².